The molecule has 0 aromatic carbocycles. The molecule has 0 aliphatic carbocycles. The van der Waals surface area contributed by atoms with Gasteiger partial charge in [-0.1, -0.05) is 6.07 Å². The van der Waals surface area contributed by atoms with Crippen molar-refractivity contribution in [2.45, 2.75) is 26.8 Å². The Morgan fingerprint density at radius 1 is 1.36 bits per heavy atom. The van der Waals surface area contributed by atoms with Crippen molar-refractivity contribution in [2.75, 3.05) is 13.6 Å². The molecule has 2 aromatic rings. The lowest BCUT2D eigenvalue weighted by molar-refractivity contribution is -0.122. The Morgan fingerprint density at radius 2 is 2.09 bits per heavy atom. The summed E-state index contributed by atoms with van der Waals surface area (Å²) in [7, 11) is 1.65. The molecule has 0 aliphatic heterocycles. The Bertz CT molecular complexity index is 662. The van der Waals surface area contributed by atoms with Crippen LogP contribution in [0.4, 0.5) is 0 Å². The van der Waals surface area contributed by atoms with Crippen LogP contribution in [0, 0.1) is 13.8 Å². The molecule has 0 radical (unpaired) electrons. The number of hydrogen-bond acceptors (Lipinski definition) is 4. The first kappa shape index (κ1) is 16.7. The largest absolute Gasteiger partial charge is 0.348 e. The fraction of sp³-hybridized carbons (Fsp3) is 0.375. The van der Waals surface area contributed by atoms with Crippen LogP contribution in [0.15, 0.2) is 23.6 Å². The zero-order valence-electron chi connectivity index (χ0n) is 13.2. The summed E-state index contributed by atoms with van der Waals surface area (Å²) in [4.78, 5) is 28.8. The second kappa shape index (κ2) is 7.07. The first-order valence-electron chi connectivity index (χ1n) is 7.03. The first-order chi connectivity index (χ1) is 10.4. The second-order valence-corrected chi connectivity index (χ2v) is 7.70. The molecule has 118 valence electrons. The SMILES string of the molecule is Cc1cc([C@H](C)NC(=O)CN(C)C(=O)c2cccs2)c(C)s1. The molecule has 4 nitrogen and oxygen atoms in total. The standard InChI is InChI=1S/C16H20N2O2S2/c1-10-8-13(12(3)22-10)11(2)17-15(19)9-18(4)16(20)14-6-5-7-21-14/h5-8,11H,9H2,1-4H3,(H,17,19)/t11-/m0/s1. The fourth-order valence-electron chi connectivity index (χ4n) is 2.32. The van der Waals surface area contributed by atoms with E-state index in [1.807, 2.05) is 18.4 Å². The van der Waals surface area contributed by atoms with Gasteiger partial charge in [0.2, 0.25) is 5.91 Å². The Kier molecular flexibility index (Phi) is 5.37. The molecule has 22 heavy (non-hydrogen) atoms. The van der Waals surface area contributed by atoms with Crippen molar-refractivity contribution in [3.63, 3.8) is 0 Å². The van der Waals surface area contributed by atoms with E-state index in [4.69, 9.17) is 0 Å². The van der Waals surface area contributed by atoms with Crippen LogP contribution >= 0.6 is 22.7 Å². The second-order valence-electron chi connectivity index (χ2n) is 5.30. The molecule has 0 spiro atoms. The molecule has 0 aliphatic rings. The lowest BCUT2D eigenvalue weighted by Gasteiger charge is -2.19. The van der Waals surface area contributed by atoms with Crippen LogP contribution in [0.25, 0.3) is 0 Å². The average Bonchev–Trinajstić information content (AvgIpc) is 3.07. The third-order valence-electron chi connectivity index (χ3n) is 3.38. The third kappa shape index (κ3) is 3.96. The van der Waals surface area contributed by atoms with E-state index in [0.29, 0.717) is 4.88 Å². The molecule has 0 fully saturated rings. The van der Waals surface area contributed by atoms with E-state index in [0.717, 1.165) is 5.56 Å². The van der Waals surface area contributed by atoms with Gasteiger partial charge in [0.15, 0.2) is 0 Å². The minimum absolute atomic E-state index is 0.0531. The van der Waals surface area contributed by atoms with E-state index in [9.17, 15) is 9.59 Å². The highest BCUT2D eigenvalue weighted by molar-refractivity contribution is 7.12. The van der Waals surface area contributed by atoms with Crippen molar-refractivity contribution in [3.05, 3.63) is 43.8 Å². The molecule has 0 saturated heterocycles. The lowest BCUT2D eigenvalue weighted by atomic mass is 10.1. The Labute approximate surface area is 138 Å². The van der Waals surface area contributed by atoms with Crippen LogP contribution in [-0.4, -0.2) is 30.3 Å². The van der Waals surface area contributed by atoms with Crippen molar-refractivity contribution < 1.29 is 9.59 Å². The zero-order chi connectivity index (χ0) is 16.3. The number of amides is 2. The van der Waals surface area contributed by atoms with Gasteiger partial charge < -0.3 is 10.2 Å². The van der Waals surface area contributed by atoms with Crippen molar-refractivity contribution in [1.29, 1.82) is 0 Å². The van der Waals surface area contributed by atoms with Crippen molar-refractivity contribution in [1.82, 2.24) is 10.2 Å². The van der Waals surface area contributed by atoms with Gasteiger partial charge in [0, 0.05) is 16.8 Å². The lowest BCUT2D eigenvalue weighted by Crippen LogP contribution is -2.39. The average molecular weight is 336 g/mol. The van der Waals surface area contributed by atoms with Gasteiger partial charge in [0.25, 0.3) is 5.91 Å². The predicted octanol–water partition coefficient (Wildman–Crippen LogP) is 3.38. The Balaban J connectivity index is 1.92. The molecule has 2 amide bonds. The molecule has 2 aromatic heterocycles. The van der Waals surface area contributed by atoms with Gasteiger partial charge >= 0.3 is 0 Å². The maximum atomic E-state index is 12.1. The normalized spacial score (nSPS) is 12.0. The summed E-state index contributed by atoms with van der Waals surface area (Å²) in [5.74, 6) is -0.275. The van der Waals surface area contributed by atoms with Crippen LogP contribution < -0.4 is 5.32 Å². The van der Waals surface area contributed by atoms with E-state index >= 15 is 0 Å². The van der Waals surface area contributed by atoms with Crippen molar-refractivity contribution >= 4 is 34.5 Å². The smallest absolute Gasteiger partial charge is 0.264 e. The van der Waals surface area contributed by atoms with Gasteiger partial charge in [0.05, 0.1) is 17.5 Å². The number of nitrogens with zero attached hydrogens (tertiary/aromatic N) is 1. The van der Waals surface area contributed by atoms with E-state index in [-0.39, 0.29) is 24.4 Å². The summed E-state index contributed by atoms with van der Waals surface area (Å²) in [5.41, 5.74) is 1.14. The summed E-state index contributed by atoms with van der Waals surface area (Å²) in [6, 6.07) is 5.64. The van der Waals surface area contributed by atoms with E-state index in [1.54, 1.807) is 24.5 Å². The number of nitrogens with one attached hydrogen (secondary N) is 1. The van der Waals surface area contributed by atoms with E-state index in [2.05, 4.69) is 25.2 Å². The van der Waals surface area contributed by atoms with Gasteiger partial charge in [-0.25, -0.2) is 0 Å². The summed E-state index contributed by atoms with van der Waals surface area (Å²) in [5, 5.41) is 4.81. The molecule has 2 heterocycles. The third-order valence-corrected chi connectivity index (χ3v) is 5.22. The molecule has 0 saturated carbocycles. The monoisotopic (exact) mass is 336 g/mol. The highest BCUT2D eigenvalue weighted by atomic mass is 32.1. The number of carbonyl (C=O) groups excluding carboxylic acids is 2. The van der Waals surface area contributed by atoms with Crippen LogP contribution in [0.5, 0.6) is 0 Å². The number of carbonyl (C=O) groups is 2. The molecule has 1 N–H and O–H groups in total. The maximum absolute atomic E-state index is 12.1. The van der Waals surface area contributed by atoms with Gasteiger partial charge in [0.1, 0.15) is 0 Å². The molecule has 2 rings (SSSR count). The van der Waals surface area contributed by atoms with E-state index in [1.165, 1.54) is 26.0 Å². The van der Waals surface area contributed by atoms with Crippen LogP contribution in [0.3, 0.4) is 0 Å². The molecule has 0 bridgehead atoms. The Morgan fingerprint density at radius 3 is 2.64 bits per heavy atom. The zero-order valence-corrected chi connectivity index (χ0v) is 14.8. The van der Waals surface area contributed by atoms with Gasteiger partial charge in [-0.15, -0.1) is 22.7 Å². The molecular formula is C16H20N2O2S2. The number of hydrogen-bond donors (Lipinski definition) is 1. The molecule has 1 atom stereocenters. The number of rotatable bonds is 5. The predicted molar refractivity (Wildman–Crippen MR) is 91.6 cm³/mol. The highest BCUT2D eigenvalue weighted by Gasteiger charge is 2.18. The fourth-order valence-corrected chi connectivity index (χ4v) is 4.06. The van der Waals surface area contributed by atoms with Crippen molar-refractivity contribution in [2.24, 2.45) is 0 Å². The van der Waals surface area contributed by atoms with Gasteiger partial charge in [-0.3, -0.25) is 9.59 Å². The number of aryl methyl sites for hydroxylation is 2. The summed E-state index contributed by atoms with van der Waals surface area (Å²) in [6.07, 6.45) is 0. The van der Waals surface area contributed by atoms with Gasteiger partial charge in [-0.05, 0) is 43.8 Å². The number of likely N-dealkylation sites (N-methyl/N-ethyl adjacent to an activating group) is 1. The summed E-state index contributed by atoms with van der Waals surface area (Å²) >= 11 is 3.11. The number of thiophene rings is 2. The minimum atomic E-state index is -0.150. The van der Waals surface area contributed by atoms with Crippen LogP contribution in [0.2, 0.25) is 0 Å². The topological polar surface area (TPSA) is 49.4 Å². The maximum Gasteiger partial charge on any atom is 0.264 e. The van der Waals surface area contributed by atoms with Gasteiger partial charge in [-0.2, -0.15) is 0 Å². The Hall–Kier alpha value is -1.66. The molecular weight excluding hydrogens is 316 g/mol. The summed E-state index contributed by atoms with van der Waals surface area (Å²) in [6.45, 7) is 6.14. The molecule has 0 unspecified atom stereocenters. The highest BCUT2D eigenvalue weighted by Crippen LogP contribution is 2.26. The van der Waals surface area contributed by atoms with Crippen LogP contribution in [-0.2, 0) is 4.79 Å². The summed E-state index contributed by atoms with van der Waals surface area (Å²) < 4.78 is 0. The van der Waals surface area contributed by atoms with Crippen molar-refractivity contribution in [3.8, 4) is 0 Å². The minimum Gasteiger partial charge on any atom is -0.348 e. The first-order valence-corrected chi connectivity index (χ1v) is 8.73. The van der Waals surface area contributed by atoms with E-state index < -0.39 is 0 Å². The quantitative estimate of drug-likeness (QED) is 0.910. The molecule has 6 heteroatoms. The van der Waals surface area contributed by atoms with Crippen LogP contribution in [0.1, 0.15) is 38.0 Å².